The first kappa shape index (κ1) is 13.6. The largest absolute Gasteiger partial charge is 0.333 e. The molecule has 0 bridgehead atoms. The van der Waals surface area contributed by atoms with Crippen LogP contribution in [-0.2, 0) is 6.54 Å². The first-order valence-corrected chi connectivity index (χ1v) is 7.50. The van der Waals surface area contributed by atoms with Crippen molar-refractivity contribution in [2.24, 2.45) is 0 Å². The fourth-order valence-corrected chi connectivity index (χ4v) is 2.95. The van der Waals surface area contributed by atoms with Crippen LogP contribution in [0, 0.1) is 6.92 Å². The second kappa shape index (κ2) is 5.93. The van der Waals surface area contributed by atoms with Gasteiger partial charge in [-0.15, -0.1) is 11.3 Å². The lowest BCUT2D eigenvalue weighted by atomic mass is 10.2. The van der Waals surface area contributed by atoms with Crippen molar-refractivity contribution in [3.05, 3.63) is 70.4 Å². The monoisotopic (exact) mass is 297 g/mol. The average Bonchev–Trinajstić information content (AvgIpc) is 3.10. The van der Waals surface area contributed by atoms with E-state index in [4.69, 9.17) is 0 Å². The van der Waals surface area contributed by atoms with Crippen molar-refractivity contribution >= 4 is 22.9 Å². The Hall–Kier alpha value is -2.40. The number of aryl methyl sites for hydroxylation is 1. The van der Waals surface area contributed by atoms with Gasteiger partial charge in [0.25, 0.3) is 5.91 Å². The molecule has 3 rings (SSSR count). The minimum atomic E-state index is -0.0534. The number of nitrogens with zero attached hydrogens (tertiary/aromatic N) is 2. The van der Waals surface area contributed by atoms with E-state index in [-0.39, 0.29) is 5.91 Å². The van der Waals surface area contributed by atoms with Crippen molar-refractivity contribution in [2.75, 3.05) is 5.32 Å². The normalized spacial score (nSPS) is 10.5. The smallest absolute Gasteiger partial charge is 0.265 e. The molecule has 0 spiro atoms. The summed E-state index contributed by atoms with van der Waals surface area (Å²) in [6.45, 7) is 2.68. The maximum atomic E-state index is 12.2. The van der Waals surface area contributed by atoms with Crippen molar-refractivity contribution in [3.63, 3.8) is 0 Å². The number of imidazole rings is 1. The number of aromatic nitrogens is 2. The van der Waals surface area contributed by atoms with E-state index in [0.29, 0.717) is 0 Å². The van der Waals surface area contributed by atoms with Gasteiger partial charge in [0, 0.05) is 24.6 Å². The summed E-state index contributed by atoms with van der Waals surface area (Å²) in [4.78, 5) is 17.0. The molecule has 2 aromatic heterocycles. The third-order valence-corrected chi connectivity index (χ3v) is 4.19. The van der Waals surface area contributed by atoms with Gasteiger partial charge in [-0.25, -0.2) is 4.98 Å². The molecule has 0 atom stereocenters. The van der Waals surface area contributed by atoms with E-state index in [9.17, 15) is 4.79 Å². The zero-order valence-electron chi connectivity index (χ0n) is 11.6. The minimum Gasteiger partial charge on any atom is -0.333 e. The number of hydrogen-bond acceptors (Lipinski definition) is 3. The molecular weight excluding hydrogens is 282 g/mol. The first-order chi connectivity index (χ1) is 10.2. The van der Waals surface area contributed by atoms with Crippen LogP contribution in [0.4, 0.5) is 5.69 Å². The van der Waals surface area contributed by atoms with E-state index >= 15 is 0 Å². The Bertz CT molecular complexity index is 746. The van der Waals surface area contributed by atoms with Gasteiger partial charge in [-0.05, 0) is 41.6 Å². The van der Waals surface area contributed by atoms with E-state index in [1.807, 2.05) is 53.4 Å². The van der Waals surface area contributed by atoms with Gasteiger partial charge >= 0.3 is 0 Å². The molecule has 3 aromatic rings. The minimum absolute atomic E-state index is 0.0534. The molecule has 4 nitrogen and oxygen atoms in total. The van der Waals surface area contributed by atoms with Crippen LogP contribution in [0.2, 0.25) is 0 Å². The number of carbonyl (C=O) groups is 1. The zero-order valence-corrected chi connectivity index (χ0v) is 12.4. The standard InChI is InChI=1S/C16H15N3OS/c1-12-5-8-21-15(12)16(20)18-14-4-2-3-13(9-14)10-19-7-6-17-11-19/h2-9,11H,10H2,1H3,(H,18,20). The molecule has 21 heavy (non-hydrogen) atoms. The summed E-state index contributed by atoms with van der Waals surface area (Å²) in [6, 6.07) is 9.82. The van der Waals surface area contributed by atoms with Crippen molar-refractivity contribution in [1.82, 2.24) is 9.55 Å². The number of thiophene rings is 1. The fraction of sp³-hybridized carbons (Fsp3) is 0.125. The number of nitrogens with one attached hydrogen (secondary N) is 1. The number of rotatable bonds is 4. The quantitative estimate of drug-likeness (QED) is 0.800. The van der Waals surface area contributed by atoms with Gasteiger partial charge in [0.2, 0.25) is 0 Å². The Labute approximate surface area is 127 Å². The first-order valence-electron chi connectivity index (χ1n) is 6.62. The Morgan fingerprint density at radius 2 is 2.29 bits per heavy atom. The van der Waals surface area contributed by atoms with Gasteiger partial charge in [-0.3, -0.25) is 4.79 Å². The van der Waals surface area contributed by atoms with E-state index in [1.165, 1.54) is 11.3 Å². The second-order valence-electron chi connectivity index (χ2n) is 4.82. The molecule has 0 aliphatic rings. The van der Waals surface area contributed by atoms with Crippen LogP contribution in [0.25, 0.3) is 0 Å². The Morgan fingerprint density at radius 3 is 3.00 bits per heavy atom. The molecule has 0 aliphatic carbocycles. The summed E-state index contributed by atoms with van der Waals surface area (Å²) in [5.74, 6) is -0.0534. The number of hydrogen-bond donors (Lipinski definition) is 1. The van der Waals surface area contributed by atoms with Crippen LogP contribution in [0.15, 0.2) is 54.4 Å². The van der Waals surface area contributed by atoms with Crippen molar-refractivity contribution < 1.29 is 4.79 Å². The van der Waals surface area contributed by atoms with Crippen LogP contribution >= 0.6 is 11.3 Å². The molecule has 2 heterocycles. The van der Waals surface area contributed by atoms with Gasteiger partial charge in [-0.1, -0.05) is 12.1 Å². The maximum absolute atomic E-state index is 12.2. The van der Waals surface area contributed by atoms with Crippen molar-refractivity contribution in [2.45, 2.75) is 13.5 Å². The van der Waals surface area contributed by atoms with Crippen molar-refractivity contribution in [3.8, 4) is 0 Å². The Morgan fingerprint density at radius 1 is 1.38 bits per heavy atom. The third kappa shape index (κ3) is 3.20. The highest BCUT2D eigenvalue weighted by Crippen LogP contribution is 2.18. The maximum Gasteiger partial charge on any atom is 0.265 e. The molecular formula is C16H15N3OS. The predicted octanol–water partition coefficient (Wildman–Crippen LogP) is 3.55. The molecule has 106 valence electrons. The molecule has 0 saturated heterocycles. The SMILES string of the molecule is Cc1ccsc1C(=O)Nc1cccc(Cn2ccnc2)c1. The number of anilines is 1. The summed E-state index contributed by atoms with van der Waals surface area (Å²) in [5.41, 5.74) is 2.94. The van der Waals surface area contributed by atoms with Gasteiger partial charge < -0.3 is 9.88 Å². The number of benzene rings is 1. The molecule has 1 amide bonds. The highest BCUT2D eigenvalue weighted by molar-refractivity contribution is 7.12. The molecule has 1 aromatic carbocycles. The van der Waals surface area contributed by atoms with Crippen LogP contribution < -0.4 is 5.32 Å². The summed E-state index contributed by atoms with van der Waals surface area (Å²) < 4.78 is 1.99. The van der Waals surface area contributed by atoms with Crippen LogP contribution in [0.5, 0.6) is 0 Å². The van der Waals surface area contributed by atoms with Gasteiger partial charge in [0.05, 0.1) is 11.2 Å². The Kier molecular flexibility index (Phi) is 3.83. The van der Waals surface area contributed by atoms with Gasteiger partial charge in [0.15, 0.2) is 0 Å². The molecule has 0 aliphatic heterocycles. The molecule has 0 unspecified atom stereocenters. The highest BCUT2D eigenvalue weighted by Gasteiger charge is 2.10. The molecule has 5 heteroatoms. The summed E-state index contributed by atoms with van der Waals surface area (Å²) >= 11 is 1.46. The zero-order chi connectivity index (χ0) is 14.7. The topological polar surface area (TPSA) is 46.9 Å². The van der Waals surface area contributed by atoms with Crippen LogP contribution in [-0.4, -0.2) is 15.5 Å². The average molecular weight is 297 g/mol. The van der Waals surface area contributed by atoms with Crippen molar-refractivity contribution in [1.29, 1.82) is 0 Å². The highest BCUT2D eigenvalue weighted by atomic mass is 32.1. The Balaban J connectivity index is 1.74. The third-order valence-electron chi connectivity index (χ3n) is 3.18. The fourth-order valence-electron chi connectivity index (χ4n) is 2.13. The van der Waals surface area contributed by atoms with E-state index < -0.39 is 0 Å². The lowest BCUT2D eigenvalue weighted by Crippen LogP contribution is -2.11. The lowest BCUT2D eigenvalue weighted by molar-refractivity contribution is 0.103. The van der Waals surface area contributed by atoms with E-state index in [0.717, 1.165) is 28.2 Å². The molecule has 0 radical (unpaired) electrons. The summed E-state index contributed by atoms with van der Waals surface area (Å²) in [5, 5.41) is 4.88. The summed E-state index contributed by atoms with van der Waals surface area (Å²) in [7, 11) is 0. The predicted molar refractivity (Wildman–Crippen MR) is 84.8 cm³/mol. The number of amides is 1. The second-order valence-corrected chi connectivity index (χ2v) is 5.74. The summed E-state index contributed by atoms with van der Waals surface area (Å²) in [6.07, 6.45) is 5.45. The molecule has 0 fully saturated rings. The number of carbonyl (C=O) groups excluding carboxylic acids is 1. The van der Waals surface area contributed by atoms with Crippen LogP contribution in [0.3, 0.4) is 0 Å². The van der Waals surface area contributed by atoms with Gasteiger partial charge in [-0.2, -0.15) is 0 Å². The van der Waals surface area contributed by atoms with E-state index in [2.05, 4.69) is 10.3 Å². The van der Waals surface area contributed by atoms with Crippen LogP contribution in [0.1, 0.15) is 20.8 Å². The lowest BCUT2D eigenvalue weighted by Gasteiger charge is -2.08. The molecule has 0 saturated carbocycles. The van der Waals surface area contributed by atoms with Gasteiger partial charge in [0.1, 0.15) is 0 Å². The van der Waals surface area contributed by atoms with E-state index in [1.54, 1.807) is 12.5 Å². The molecule has 1 N–H and O–H groups in total.